The van der Waals surface area contributed by atoms with Crippen LogP contribution in [0.25, 0.3) is 11.1 Å². The minimum atomic E-state index is -4.58. The van der Waals surface area contributed by atoms with Crippen LogP contribution in [0.5, 0.6) is 0 Å². The third-order valence-corrected chi connectivity index (χ3v) is 3.10. The molecule has 0 aliphatic carbocycles. The molecule has 128 valence electrons. The van der Waals surface area contributed by atoms with E-state index in [0.717, 1.165) is 18.5 Å². The number of nitrogens with zero attached hydrogens (tertiary/aromatic N) is 1. The van der Waals surface area contributed by atoms with Crippen LogP contribution in [0.2, 0.25) is 0 Å². The molecule has 0 amide bonds. The first-order chi connectivity index (χ1) is 11.2. The predicted molar refractivity (Wildman–Crippen MR) is 78.1 cm³/mol. The Bertz CT molecular complexity index is 812. The van der Waals surface area contributed by atoms with E-state index >= 15 is 0 Å². The Morgan fingerprint density at radius 2 is 1.83 bits per heavy atom. The molecule has 24 heavy (non-hydrogen) atoms. The number of aromatic nitrogens is 1. The number of carbonyl (C=O) groups excluding carboxylic acids is 1. The number of pyridine rings is 1. The van der Waals surface area contributed by atoms with Gasteiger partial charge in [-0.05, 0) is 13.0 Å². The molecule has 0 fully saturated rings. The van der Waals surface area contributed by atoms with Gasteiger partial charge in [0.2, 0.25) is 5.43 Å². The van der Waals surface area contributed by atoms with E-state index in [1.54, 1.807) is 0 Å². The lowest BCUT2D eigenvalue weighted by Crippen LogP contribution is -2.25. The lowest BCUT2D eigenvalue weighted by Gasteiger charge is -2.14. The molecule has 0 saturated carbocycles. The molecule has 4 nitrogen and oxygen atoms in total. The summed E-state index contributed by atoms with van der Waals surface area (Å²) in [5.41, 5.74) is -2.01. The molecular weight excluding hydrogens is 330 g/mol. The molecular formula is C16H13F4NO3. The molecule has 2 rings (SSSR count). The summed E-state index contributed by atoms with van der Waals surface area (Å²) in [6.07, 6.45) is -2.94. The number of alkyl halides is 3. The first kappa shape index (κ1) is 17.7. The van der Waals surface area contributed by atoms with Crippen molar-refractivity contribution in [3.63, 3.8) is 0 Å². The molecule has 1 heterocycles. The molecule has 0 atom stereocenters. The fourth-order valence-corrected chi connectivity index (χ4v) is 2.16. The quantitative estimate of drug-likeness (QED) is 0.632. The first-order valence-corrected chi connectivity index (χ1v) is 6.95. The molecule has 0 bridgehead atoms. The molecule has 0 aliphatic heterocycles. The summed E-state index contributed by atoms with van der Waals surface area (Å²) in [4.78, 5) is 24.2. The largest absolute Gasteiger partial charge is 0.462 e. The van der Waals surface area contributed by atoms with Gasteiger partial charge in [0.25, 0.3) is 0 Å². The Morgan fingerprint density at radius 1 is 1.17 bits per heavy atom. The van der Waals surface area contributed by atoms with Gasteiger partial charge in [-0.3, -0.25) is 4.79 Å². The van der Waals surface area contributed by atoms with Gasteiger partial charge in [0, 0.05) is 23.5 Å². The van der Waals surface area contributed by atoms with Crippen molar-refractivity contribution in [2.75, 3.05) is 6.61 Å². The number of carbonyl (C=O) groups is 1. The maximum Gasteiger partial charge on any atom is 0.406 e. The average molecular weight is 343 g/mol. The van der Waals surface area contributed by atoms with E-state index < -0.39 is 35.5 Å². The van der Waals surface area contributed by atoms with Gasteiger partial charge >= 0.3 is 12.1 Å². The Balaban J connectivity index is 2.67. The molecule has 2 aromatic rings. The van der Waals surface area contributed by atoms with Crippen LogP contribution >= 0.6 is 0 Å². The summed E-state index contributed by atoms with van der Waals surface area (Å²) in [7, 11) is 0. The number of benzene rings is 1. The highest BCUT2D eigenvalue weighted by molar-refractivity contribution is 5.90. The lowest BCUT2D eigenvalue weighted by molar-refractivity contribution is -0.140. The number of esters is 1. The second-order valence-corrected chi connectivity index (χ2v) is 4.90. The molecule has 0 radical (unpaired) electrons. The van der Waals surface area contributed by atoms with Crippen molar-refractivity contribution < 1.29 is 27.1 Å². The van der Waals surface area contributed by atoms with Gasteiger partial charge in [0.05, 0.1) is 6.61 Å². The number of hydrogen-bond donors (Lipinski definition) is 0. The summed E-state index contributed by atoms with van der Waals surface area (Å²) in [5, 5.41) is 0. The van der Waals surface area contributed by atoms with Gasteiger partial charge < -0.3 is 9.30 Å². The highest BCUT2D eigenvalue weighted by atomic mass is 19.4. The van der Waals surface area contributed by atoms with Crippen LogP contribution < -0.4 is 5.43 Å². The van der Waals surface area contributed by atoms with E-state index in [-0.39, 0.29) is 17.7 Å². The third-order valence-electron chi connectivity index (χ3n) is 3.10. The van der Waals surface area contributed by atoms with E-state index in [0.29, 0.717) is 4.57 Å². The van der Waals surface area contributed by atoms with Gasteiger partial charge in [0.15, 0.2) is 0 Å². The summed E-state index contributed by atoms with van der Waals surface area (Å²) in [6.45, 7) is 0.00939. The summed E-state index contributed by atoms with van der Waals surface area (Å²) in [6, 6.07) is 5.13. The molecule has 8 heteroatoms. The van der Waals surface area contributed by atoms with Gasteiger partial charge in [-0.15, -0.1) is 0 Å². The van der Waals surface area contributed by atoms with Gasteiger partial charge in [-0.1, -0.05) is 18.2 Å². The Morgan fingerprint density at radius 3 is 2.42 bits per heavy atom. The van der Waals surface area contributed by atoms with Crippen molar-refractivity contribution in [3.05, 3.63) is 58.3 Å². The Hall–Kier alpha value is -2.64. The predicted octanol–water partition coefficient (Wildman–Crippen LogP) is 3.39. The minimum Gasteiger partial charge on any atom is -0.462 e. The molecule has 1 aromatic carbocycles. The van der Waals surface area contributed by atoms with Crippen molar-refractivity contribution in [2.24, 2.45) is 0 Å². The van der Waals surface area contributed by atoms with Crippen LogP contribution in [0.15, 0.2) is 41.5 Å². The van der Waals surface area contributed by atoms with Crippen LogP contribution in [0.1, 0.15) is 17.3 Å². The van der Waals surface area contributed by atoms with E-state index in [1.165, 1.54) is 25.1 Å². The van der Waals surface area contributed by atoms with Crippen LogP contribution in [0.4, 0.5) is 17.6 Å². The molecule has 1 aromatic heterocycles. The maximum atomic E-state index is 13.9. The van der Waals surface area contributed by atoms with Crippen LogP contribution in [-0.4, -0.2) is 23.3 Å². The topological polar surface area (TPSA) is 48.3 Å². The Kier molecular flexibility index (Phi) is 5.06. The third kappa shape index (κ3) is 4.01. The van der Waals surface area contributed by atoms with E-state index in [1.807, 2.05) is 0 Å². The first-order valence-electron chi connectivity index (χ1n) is 6.95. The van der Waals surface area contributed by atoms with E-state index in [2.05, 4.69) is 4.74 Å². The van der Waals surface area contributed by atoms with Crippen LogP contribution in [0, 0.1) is 5.82 Å². The van der Waals surface area contributed by atoms with Crippen LogP contribution in [0.3, 0.4) is 0 Å². The zero-order chi connectivity index (χ0) is 17.9. The van der Waals surface area contributed by atoms with Crippen molar-refractivity contribution in [1.29, 1.82) is 0 Å². The SMILES string of the molecule is CCOC(=O)c1cn(CC(F)(F)F)cc(-c2ccccc2F)c1=O. The lowest BCUT2D eigenvalue weighted by atomic mass is 10.0. The van der Waals surface area contributed by atoms with Gasteiger partial charge in [0.1, 0.15) is 17.9 Å². The zero-order valence-corrected chi connectivity index (χ0v) is 12.6. The number of ether oxygens (including phenoxy) is 1. The highest BCUT2D eigenvalue weighted by Gasteiger charge is 2.29. The molecule has 0 saturated heterocycles. The Labute approximate surface area is 134 Å². The number of halogens is 4. The van der Waals surface area contributed by atoms with Crippen molar-refractivity contribution in [2.45, 2.75) is 19.6 Å². The van der Waals surface area contributed by atoms with E-state index in [4.69, 9.17) is 0 Å². The van der Waals surface area contributed by atoms with Crippen molar-refractivity contribution in [3.8, 4) is 11.1 Å². The molecule has 0 unspecified atom stereocenters. The van der Waals surface area contributed by atoms with E-state index in [9.17, 15) is 27.2 Å². The summed E-state index contributed by atoms with van der Waals surface area (Å²) < 4.78 is 57.2. The average Bonchev–Trinajstić information content (AvgIpc) is 2.48. The maximum absolute atomic E-state index is 13.9. The summed E-state index contributed by atoms with van der Waals surface area (Å²) in [5.74, 6) is -1.84. The molecule has 0 aliphatic rings. The standard InChI is InChI=1S/C16H13F4NO3/c1-2-24-15(23)12-8-21(9-16(18,19)20)7-11(14(12)22)10-5-3-4-6-13(10)17/h3-8H,2,9H2,1H3. The molecule has 0 N–H and O–H groups in total. The molecule has 0 spiro atoms. The summed E-state index contributed by atoms with van der Waals surface area (Å²) >= 11 is 0. The van der Waals surface area contributed by atoms with Crippen molar-refractivity contribution in [1.82, 2.24) is 4.57 Å². The smallest absolute Gasteiger partial charge is 0.406 e. The zero-order valence-electron chi connectivity index (χ0n) is 12.6. The minimum absolute atomic E-state index is 0.0541. The monoisotopic (exact) mass is 343 g/mol. The van der Waals surface area contributed by atoms with Crippen molar-refractivity contribution >= 4 is 5.97 Å². The fraction of sp³-hybridized carbons (Fsp3) is 0.250. The van der Waals surface area contributed by atoms with Gasteiger partial charge in [-0.25, -0.2) is 9.18 Å². The van der Waals surface area contributed by atoms with Gasteiger partial charge in [-0.2, -0.15) is 13.2 Å². The van der Waals surface area contributed by atoms with Crippen LogP contribution in [-0.2, 0) is 11.3 Å². The normalized spacial score (nSPS) is 11.4. The fourth-order valence-electron chi connectivity index (χ4n) is 2.16. The second kappa shape index (κ2) is 6.86. The number of hydrogen-bond acceptors (Lipinski definition) is 3. The highest BCUT2D eigenvalue weighted by Crippen LogP contribution is 2.22. The second-order valence-electron chi connectivity index (χ2n) is 4.90. The number of rotatable bonds is 4.